The molecule has 0 aliphatic rings. The summed E-state index contributed by atoms with van der Waals surface area (Å²) in [6.07, 6.45) is 3.13. The van der Waals surface area contributed by atoms with E-state index in [0.717, 1.165) is 6.54 Å². The lowest BCUT2D eigenvalue weighted by atomic mass is 10.2. The molecule has 0 bridgehead atoms. The molecule has 6 heteroatoms. The predicted octanol–water partition coefficient (Wildman–Crippen LogP) is 2.58. The number of nitrogens with zero attached hydrogens (tertiary/aromatic N) is 3. The van der Waals surface area contributed by atoms with E-state index in [1.165, 1.54) is 13.3 Å². The van der Waals surface area contributed by atoms with Crippen LogP contribution in [-0.4, -0.2) is 23.6 Å². The fourth-order valence-corrected chi connectivity index (χ4v) is 1.60. The molecule has 1 aromatic heterocycles. The maximum absolute atomic E-state index is 8.86. The minimum atomic E-state index is 0.353. The zero-order valence-corrected chi connectivity index (χ0v) is 11.3. The van der Waals surface area contributed by atoms with Crippen LogP contribution < -0.4 is 14.8 Å². The highest BCUT2D eigenvalue weighted by Crippen LogP contribution is 2.31. The third-order valence-corrected chi connectivity index (χ3v) is 2.48. The van der Waals surface area contributed by atoms with Gasteiger partial charge in [-0.1, -0.05) is 0 Å². The molecule has 20 heavy (non-hydrogen) atoms. The molecule has 0 saturated heterocycles. The smallest absolute Gasteiger partial charge is 0.240 e. The Morgan fingerprint density at radius 1 is 1.30 bits per heavy atom. The Morgan fingerprint density at radius 2 is 2.15 bits per heavy atom. The molecule has 2 aromatic rings. The molecule has 1 N–H and O–H groups in total. The second kappa shape index (κ2) is 6.38. The van der Waals surface area contributed by atoms with Crippen molar-refractivity contribution in [3.05, 3.63) is 36.2 Å². The lowest BCUT2D eigenvalue weighted by Gasteiger charge is -2.10. The van der Waals surface area contributed by atoms with E-state index < -0.39 is 0 Å². The van der Waals surface area contributed by atoms with Crippen LogP contribution in [0.1, 0.15) is 12.5 Å². The van der Waals surface area contributed by atoms with Crippen LogP contribution in [0.15, 0.2) is 30.6 Å². The first-order valence-corrected chi connectivity index (χ1v) is 6.08. The second-order valence-corrected chi connectivity index (χ2v) is 3.85. The number of aromatic nitrogens is 2. The summed E-state index contributed by atoms with van der Waals surface area (Å²) in [5.41, 5.74) is 0.502. The average Bonchev–Trinajstić information content (AvgIpc) is 2.48. The highest BCUT2D eigenvalue weighted by atomic mass is 16.5. The fraction of sp³-hybridized carbons (Fsp3) is 0.214. The molecule has 0 unspecified atom stereocenters. The van der Waals surface area contributed by atoms with E-state index in [4.69, 9.17) is 14.7 Å². The minimum absolute atomic E-state index is 0.353. The molecular formula is C14H14N4O2. The van der Waals surface area contributed by atoms with Crippen molar-refractivity contribution in [3.8, 4) is 23.4 Å². The standard InChI is InChI=1S/C14H14N4O2/c1-3-17-13-8-16-9-14(18-13)20-11-5-4-10(7-15)6-12(11)19-2/h4-6,8-9H,3H2,1-2H3,(H,17,18). The lowest BCUT2D eigenvalue weighted by molar-refractivity contribution is 0.373. The third kappa shape index (κ3) is 3.14. The average molecular weight is 270 g/mol. The number of nitriles is 1. The topological polar surface area (TPSA) is 80.1 Å². The van der Waals surface area contributed by atoms with E-state index in [1.54, 1.807) is 24.4 Å². The molecule has 6 nitrogen and oxygen atoms in total. The van der Waals surface area contributed by atoms with Crippen LogP contribution in [0, 0.1) is 11.3 Å². The van der Waals surface area contributed by atoms with Crippen molar-refractivity contribution in [1.82, 2.24) is 9.97 Å². The highest BCUT2D eigenvalue weighted by molar-refractivity contribution is 5.48. The number of hydrogen-bond donors (Lipinski definition) is 1. The molecule has 0 aliphatic heterocycles. The Morgan fingerprint density at radius 3 is 2.85 bits per heavy atom. The highest BCUT2D eigenvalue weighted by Gasteiger charge is 2.08. The van der Waals surface area contributed by atoms with Gasteiger partial charge < -0.3 is 14.8 Å². The van der Waals surface area contributed by atoms with Gasteiger partial charge in [-0.05, 0) is 19.1 Å². The van der Waals surface area contributed by atoms with E-state index in [-0.39, 0.29) is 0 Å². The first kappa shape index (κ1) is 13.6. The Balaban J connectivity index is 2.25. The van der Waals surface area contributed by atoms with Crippen molar-refractivity contribution in [1.29, 1.82) is 5.26 Å². The molecule has 102 valence electrons. The summed E-state index contributed by atoms with van der Waals surface area (Å²) in [6.45, 7) is 2.72. The number of benzene rings is 1. The van der Waals surface area contributed by atoms with Gasteiger partial charge in [-0.25, -0.2) is 0 Å². The van der Waals surface area contributed by atoms with Crippen molar-refractivity contribution in [2.45, 2.75) is 6.92 Å². The van der Waals surface area contributed by atoms with E-state index >= 15 is 0 Å². The van der Waals surface area contributed by atoms with Crippen molar-refractivity contribution < 1.29 is 9.47 Å². The molecule has 0 amide bonds. The van der Waals surface area contributed by atoms with Crippen molar-refractivity contribution in [3.63, 3.8) is 0 Å². The Bertz CT molecular complexity index is 637. The molecule has 2 rings (SSSR count). The molecule has 0 radical (unpaired) electrons. The summed E-state index contributed by atoms with van der Waals surface area (Å²) in [6, 6.07) is 6.97. The summed E-state index contributed by atoms with van der Waals surface area (Å²) in [7, 11) is 1.52. The molecule has 1 heterocycles. The molecular weight excluding hydrogens is 256 g/mol. The molecule has 0 spiro atoms. The monoisotopic (exact) mass is 270 g/mol. The summed E-state index contributed by atoms with van der Waals surface area (Å²) in [4.78, 5) is 8.30. The van der Waals surface area contributed by atoms with Gasteiger partial charge in [-0.2, -0.15) is 10.2 Å². The van der Waals surface area contributed by atoms with Gasteiger partial charge in [0.2, 0.25) is 5.88 Å². The SMILES string of the molecule is CCNc1cncc(Oc2ccc(C#N)cc2OC)n1. The largest absolute Gasteiger partial charge is 0.493 e. The molecule has 0 aliphatic carbocycles. The maximum Gasteiger partial charge on any atom is 0.240 e. The first-order valence-electron chi connectivity index (χ1n) is 6.08. The van der Waals surface area contributed by atoms with Gasteiger partial charge in [0.1, 0.15) is 5.82 Å². The number of ether oxygens (including phenoxy) is 2. The van der Waals surface area contributed by atoms with Crippen LogP contribution in [-0.2, 0) is 0 Å². The lowest BCUT2D eigenvalue weighted by Crippen LogP contribution is -2.01. The van der Waals surface area contributed by atoms with Crippen molar-refractivity contribution in [2.75, 3.05) is 19.0 Å². The normalized spacial score (nSPS) is 9.65. The van der Waals surface area contributed by atoms with Crippen LogP contribution in [0.3, 0.4) is 0 Å². The number of hydrogen-bond acceptors (Lipinski definition) is 6. The van der Waals surface area contributed by atoms with E-state index in [1.807, 2.05) is 13.0 Å². The number of nitrogens with one attached hydrogen (secondary N) is 1. The summed E-state index contributed by atoms with van der Waals surface area (Å²) in [5.74, 6) is 1.94. The van der Waals surface area contributed by atoms with E-state index in [9.17, 15) is 0 Å². The quantitative estimate of drug-likeness (QED) is 0.899. The van der Waals surface area contributed by atoms with Crippen molar-refractivity contribution in [2.24, 2.45) is 0 Å². The van der Waals surface area contributed by atoms with Crippen LogP contribution in [0.4, 0.5) is 5.82 Å². The fourth-order valence-electron chi connectivity index (χ4n) is 1.60. The van der Waals surface area contributed by atoms with Gasteiger partial charge >= 0.3 is 0 Å². The van der Waals surface area contributed by atoms with Crippen LogP contribution in [0.2, 0.25) is 0 Å². The predicted molar refractivity (Wildman–Crippen MR) is 74.0 cm³/mol. The molecule has 0 fully saturated rings. The van der Waals surface area contributed by atoms with Gasteiger partial charge in [0.05, 0.1) is 31.1 Å². The Hall–Kier alpha value is -2.81. The van der Waals surface area contributed by atoms with Crippen LogP contribution in [0.25, 0.3) is 0 Å². The molecule has 0 saturated carbocycles. The number of methoxy groups -OCH3 is 1. The van der Waals surface area contributed by atoms with Gasteiger partial charge in [-0.3, -0.25) is 4.98 Å². The molecule has 1 aromatic carbocycles. The summed E-state index contributed by atoms with van der Waals surface area (Å²) < 4.78 is 10.8. The van der Waals surface area contributed by atoms with E-state index in [0.29, 0.717) is 28.8 Å². The number of anilines is 1. The van der Waals surface area contributed by atoms with E-state index in [2.05, 4.69) is 15.3 Å². The van der Waals surface area contributed by atoms with Crippen LogP contribution in [0.5, 0.6) is 17.4 Å². The minimum Gasteiger partial charge on any atom is -0.493 e. The summed E-state index contributed by atoms with van der Waals surface area (Å²) in [5, 5.41) is 11.9. The third-order valence-electron chi connectivity index (χ3n) is 2.48. The Labute approximate surface area is 117 Å². The number of rotatable bonds is 5. The molecule has 0 atom stereocenters. The zero-order chi connectivity index (χ0) is 14.4. The Kier molecular flexibility index (Phi) is 4.35. The first-order chi connectivity index (χ1) is 9.76. The zero-order valence-electron chi connectivity index (χ0n) is 11.3. The van der Waals surface area contributed by atoms with Gasteiger partial charge in [0.15, 0.2) is 11.5 Å². The second-order valence-electron chi connectivity index (χ2n) is 3.85. The van der Waals surface area contributed by atoms with Gasteiger partial charge in [0, 0.05) is 12.6 Å². The van der Waals surface area contributed by atoms with Gasteiger partial charge in [0.25, 0.3) is 0 Å². The van der Waals surface area contributed by atoms with Gasteiger partial charge in [-0.15, -0.1) is 0 Å². The maximum atomic E-state index is 8.86. The summed E-state index contributed by atoms with van der Waals surface area (Å²) >= 11 is 0. The van der Waals surface area contributed by atoms with Crippen molar-refractivity contribution >= 4 is 5.82 Å². The van der Waals surface area contributed by atoms with Crippen LogP contribution >= 0.6 is 0 Å².